The summed E-state index contributed by atoms with van der Waals surface area (Å²) in [7, 11) is 0. The van der Waals surface area contributed by atoms with Gasteiger partial charge in [0.15, 0.2) is 0 Å². The lowest BCUT2D eigenvalue weighted by Gasteiger charge is -1.91. The van der Waals surface area contributed by atoms with E-state index in [0.717, 1.165) is 12.2 Å². The topological polar surface area (TPSA) is 43.1 Å². The molecular weight excluding hydrogens is 173 g/mol. The number of hydrogen-bond donors (Lipinski definition) is 0. The molecule has 0 aromatic carbocycles. The lowest BCUT2D eigenvalue weighted by molar-refractivity contribution is -0.422. The average Bonchev–Trinajstić information content (AvgIpc) is 2.09. The molecule has 0 aliphatic rings. The molecule has 0 bridgehead atoms. The van der Waals surface area contributed by atoms with Gasteiger partial charge >= 0.3 is 5.70 Å². The van der Waals surface area contributed by atoms with E-state index in [-0.39, 0.29) is 0 Å². The van der Waals surface area contributed by atoms with Crippen molar-refractivity contribution in [2.24, 2.45) is 0 Å². The van der Waals surface area contributed by atoms with Gasteiger partial charge in [-0.1, -0.05) is 24.8 Å². The minimum Gasteiger partial charge on any atom is -0.258 e. The van der Waals surface area contributed by atoms with E-state index in [1.54, 1.807) is 13.0 Å². The van der Waals surface area contributed by atoms with Crippen LogP contribution in [0.5, 0.6) is 0 Å². The van der Waals surface area contributed by atoms with Crippen molar-refractivity contribution in [3.05, 3.63) is 58.6 Å². The standard InChI is InChI=1S/C9H10FNO2/c1-3-5-7-8(10)9(6-4-2)11(12)13/h3-7H,2H2,1H3/b5-3-,8-7+,9-6+. The third kappa shape index (κ3) is 4.00. The molecule has 0 aliphatic carbocycles. The van der Waals surface area contributed by atoms with Crippen molar-refractivity contribution >= 4 is 0 Å². The summed E-state index contributed by atoms with van der Waals surface area (Å²) in [6.45, 7) is 4.94. The normalized spacial score (nSPS) is 13.4. The smallest absolute Gasteiger partial charge is 0.258 e. The van der Waals surface area contributed by atoms with Gasteiger partial charge in [-0.15, -0.1) is 0 Å². The van der Waals surface area contributed by atoms with E-state index in [1.807, 2.05) is 0 Å². The predicted octanol–water partition coefficient (Wildman–Crippen LogP) is 2.76. The lowest BCUT2D eigenvalue weighted by Crippen LogP contribution is -1.98. The zero-order valence-electron chi connectivity index (χ0n) is 7.24. The van der Waals surface area contributed by atoms with E-state index in [4.69, 9.17) is 0 Å². The van der Waals surface area contributed by atoms with Crippen molar-refractivity contribution in [2.75, 3.05) is 0 Å². The summed E-state index contributed by atoms with van der Waals surface area (Å²) in [4.78, 5) is 9.48. The van der Waals surface area contributed by atoms with E-state index in [0.29, 0.717) is 0 Å². The Morgan fingerprint density at radius 1 is 1.54 bits per heavy atom. The highest BCUT2D eigenvalue weighted by atomic mass is 19.1. The second-order valence-corrected chi connectivity index (χ2v) is 2.09. The van der Waals surface area contributed by atoms with Crippen molar-refractivity contribution < 1.29 is 9.31 Å². The first-order valence-electron chi connectivity index (χ1n) is 3.59. The monoisotopic (exact) mass is 183 g/mol. The summed E-state index contributed by atoms with van der Waals surface area (Å²) in [5.74, 6) is -0.886. The van der Waals surface area contributed by atoms with Gasteiger partial charge in [0.1, 0.15) is 0 Å². The molecule has 3 nitrogen and oxygen atoms in total. The van der Waals surface area contributed by atoms with E-state index in [9.17, 15) is 14.5 Å². The van der Waals surface area contributed by atoms with Gasteiger partial charge in [-0.2, -0.15) is 4.39 Å². The minimum atomic E-state index is -0.886. The van der Waals surface area contributed by atoms with E-state index < -0.39 is 16.4 Å². The average molecular weight is 183 g/mol. The molecule has 0 aliphatic heterocycles. The SMILES string of the molecule is C=C\C=C(/C(F)=C\C=C/C)[N+](=O)[O-]. The maximum atomic E-state index is 12.9. The molecule has 4 heteroatoms. The Morgan fingerprint density at radius 2 is 2.15 bits per heavy atom. The highest BCUT2D eigenvalue weighted by molar-refractivity contribution is 5.25. The maximum absolute atomic E-state index is 12.9. The van der Waals surface area contributed by atoms with Gasteiger partial charge in [-0.05, 0) is 13.0 Å². The molecule has 0 spiro atoms. The largest absolute Gasteiger partial charge is 0.304 e. The Morgan fingerprint density at radius 3 is 2.54 bits per heavy atom. The van der Waals surface area contributed by atoms with Crippen LogP contribution in [0, 0.1) is 10.1 Å². The fraction of sp³-hybridized carbons (Fsp3) is 0.111. The summed E-state index contributed by atoms with van der Waals surface area (Å²) in [5.41, 5.74) is -0.590. The summed E-state index contributed by atoms with van der Waals surface area (Å²) < 4.78 is 12.9. The molecule has 0 saturated heterocycles. The number of nitro groups is 1. The van der Waals surface area contributed by atoms with Crippen LogP contribution in [0.4, 0.5) is 4.39 Å². The van der Waals surface area contributed by atoms with Crippen molar-refractivity contribution in [3.8, 4) is 0 Å². The summed E-state index contributed by atoms with van der Waals surface area (Å²) in [6.07, 6.45) is 6.16. The maximum Gasteiger partial charge on any atom is 0.304 e. The van der Waals surface area contributed by atoms with Crippen LogP contribution in [-0.2, 0) is 0 Å². The number of hydrogen-bond acceptors (Lipinski definition) is 2. The van der Waals surface area contributed by atoms with E-state index in [1.165, 1.54) is 12.2 Å². The fourth-order valence-electron chi connectivity index (χ4n) is 0.605. The molecular formula is C9H10FNO2. The predicted molar refractivity (Wildman–Crippen MR) is 49.3 cm³/mol. The molecule has 0 N–H and O–H groups in total. The Balaban J connectivity index is 4.86. The summed E-state index contributed by atoms with van der Waals surface area (Å²) in [5, 5.41) is 10.3. The van der Waals surface area contributed by atoms with Crippen LogP contribution in [0.25, 0.3) is 0 Å². The quantitative estimate of drug-likeness (QED) is 0.382. The van der Waals surface area contributed by atoms with Gasteiger partial charge < -0.3 is 0 Å². The number of allylic oxidation sites excluding steroid dienone is 6. The first kappa shape index (κ1) is 11.3. The molecule has 0 amide bonds. The molecule has 0 radical (unpaired) electrons. The van der Waals surface area contributed by atoms with Gasteiger partial charge in [-0.25, -0.2) is 0 Å². The molecule has 0 unspecified atom stereocenters. The van der Waals surface area contributed by atoms with Gasteiger partial charge in [0.05, 0.1) is 4.92 Å². The first-order valence-corrected chi connectivity index (χ1v) is 3.59. The van der Waals surface area contributed by atoms with Gasteiger partial charge in [0.25, 0.3) is 0 Å². The molecule has 0 rings (SSSR count). The second kappa shape index (κ2) is 5.88. The Bertz CT molecular complexity index is 290. The third-order valence-corrected chi connectivity index (χ3v) is 1.15. The number of halogens is 1. The third-order valence-electron chi connectivity index (χ3n) is 1.15. The van der Waals surface area contributed by atoms with E-state index >= 15 is 0 Å². The van der Waals surface area contributed by atoms with Crippen LogP contribution in [0.1, 0.15) is 6.92 Å². The second-order valence-electron chi connectivity index (χ2n) is 2.09. The van der Waals surface area contributed by atoms with E-state index in [2.05, 4.69) is 6.58 Å². The number of rotatable bonds is 4. The van der Waals surface area contributed by atoms with Crippen LogP contribution in [0.3, 0.4) is 0 Å². The minimum absolute atomic E-state index is 0.590. The van der Waals surface area contributed by atoms with Crippen LogP contribution in [0.2, 0.25) is 0 Å². The van der Waals surface area contributed by atoms with Gasteiger partial charge in [-0.3, -0.25) is 10.1 Å². The lowest BCUT2D eigenvalue weighted by atomic mass is 10.3. The molecule has 0 aromatic rings. The van der Waals surface area contributed by atoms with Crippen molar-refractivity contribution in [1.29, 1.82) is 0 Å². The van der Waals surface area contributed by atoms with Crippen molar-refractivity contribution in [1.82, 2.24) is 0 Å². The first-order chi connectivity index (χ1) is 6.13. The molecule has 0 atom stereocenters. The summed E-state index contributed by atoms with van der Waals surface area (Å²) in [6, 6.07) is 0. The highest BCUT2D eigenvalue weighted by Gasteiger charge is 2.14. The van der Waals surface area contributed by atoms with Crippen molar-refractivity contribution in [2.45, 2.75) is 6.92 Å². The molecule has 0 fully saturated rings. The Hall–Kier alpha value is -1.71. The zero-order valence-corrected chi connectivity index (χ0v) is 7.24. The van der Waals surface area contributed by atoms with Crippen molar-refractivity contribution in [3.63, 3.8) is 0 Å². The number of nitrogens with zero attached hydrogens (tertiary/aromatic N) is 1. The molecule has 0 saturated carbocycles. The van der Waals surface area contributed by atoms with Crippen LogP contribution in [-0.4, -0.2) is 4.92 Å². The molecule has 0 heterocycles. The Labute approximate surface area is 75.7 Å². The van der Waals surface area contributed by atoms with Crippen LogP contribution >= 0.6 is 0 Å². The highest BCUT2D eigenvalue weighted by Crippen LogP contribution is 2.12. The van der Waals surface area contributed by atoms with Gasteiger partial charge in [0.2, 0.25) is 5.83 Å². The Kier molecular flexibility index (Phi) is 5.11. The molecule has 0 aromatic heterocycles. The molecule has 13 heavy (non-hydrogen) atoms. The van der Waals surface area contributed by atoms with Crippen LogP contribution in [0.15, 0.2) is 48.5 Å². The zero-order chi connectivity index (χ0) is 10.3. The fourth-order valence-corrected chi connectivity index (χ4v) is 0.605. The summed E-state index contributed by atoms with van der Waals surface area (Å²) >= 11 is 0. The van der Waals surface area contributed by atoms with Crippen LogP contribution < -0.4 is 0 Å². The molecule has 70 valence electrons. The van der Waals surface area contributed by atoms with Gasteiger partial charge in [0, 0.05) is 6.08 Å².